The first-order valence-corrected chi connectivity index (χ1v) is 9.80. The van der Waals surface area contributed by atoms with E-state index in [2.05, 4.69) is 10.3 Å². The van der Waals surface area contributed by atoms with Gasteiger partial charge in [-0.3, -0.25) is 10.1 Å². The van der Waals surface area contributed by atoms with Crippen LogP contribution in [0.3, 0.4) is 0 Å². The molecule has 0 atom stereocenters. The topological polar surface area (TPSA) is 42.0 Å². The number of carbonyl (C=O) groups is 1. The minimum Gasteiger partial charge on any atom is -0.298 e. The Labute approximate surface area is 158 Å². The zero-order valence-corrected chi connectivity index (χ0v) is 15.7. The molecular formula is C17H12Cl2N2OS2. The van der Waals surface area contributed by atoms with Gasteiger partial charge in [0.2, 0.25) is 0 Å². The second-order valence-corrected chi connectivity index (χ2v) is 7.37. The first-order chi connectivity index (χ1) is 11.6. The Hall–Kier alpha value is -1.53. The van der Waals surface area contributed by atoms with Gasteiger partial charge in [-0.2, -0.15) is 0 Å². The van der Waals surface area contributed by atoms with Crippen molar-refractivity contribution in [1.29, 1.82) is 0 Å². The number of aromatic nitrogens is 1. The molecule has 0 bridgehead atoms. The molecule has 1 aromatic heterocycles. The Balaban J connectivity index is 1.82. The fourth-order valence-electron chi connectivity index (χ4n) is 2.15. The van der Waals surface area contributed by atoms with Gasteiger partial charge in [0.1, 0.15) is 0 Å². The number of carbonyl (C=O) groups excluding carboxylic acids is 1. The van der Waals surface area contributed by atoms with Crippen molar-refractivity contribution >= 4 is 57.3 Å². The van der Waals surface area contributed by atoms with E-state index in [-0.39, 0.29) is 5.91 Å². The molecule has 0 aliphatic rings. The minimum atomic E-state index is -0.178. The van der Waals surface area contributed by atoms with E-state index < -0.39 is 0 Å². The molecular weight excluding hydrogens is 383 g/mol. The van der Waals surface area contributed by atoms with Gasteiger partial charge in [-0.1, -0.05) is 35.3 Å². The lowest BCUT2D eigenvalue weighted by molar-refractivity contribution is 0.102. The van der Waals surface area contributed by atoms with Gasteiger partial charge in [0, 0.05) is 20.9 Å². The third kappa shape index (κ3) is 3.75. The lowest BCUT2D eigenvalue weighted by Gasteiger charge is -2.06. The number of thiazole rings is 1. The summed E-state index contributed by atoms with van der Waals surface area (Å²) < 4.78 is 0. The number of amides is 1. The monoisotopic (exact) mass is 394 g/mol. The smallest absolute Gasteiger partial charge is 0.258 e. The molecule has 1 N–H and O–H groups in total. The number of thioether (sulfide) groups is 1. The van der Waals surface area contributed by atoms with Crippen molar-refractivity contribution in [3.05, 3.63) is 63.5 Å². The highest BCUT2D eigenvalue weighted by Gasteiger charge is 2.14. The highest BCUT2D eigenvalue weighted by atomic mass is 35.5. The molecule has 3 aromatic rings. The summed E-state index contributed by atoms with van der Waals surface area (Å²) in [5.74, 6) is -0.178. The number of hydrogen-bond acceptors (Lipinski definition) is 4. The fourth-order valence-corrected chi connectivity index (χ4v) is 3.95. The predicted molar refractivity (Wildman–Crippen MR) is 104 cm³/mol. The van der Waals surface area contributed by atoms with Crippen LogP contribution in [-0.4, -0.2) is 17.1 Å². The van der Waals surface area contributed by atoms with Gasteiger partial charge in [-0.05, 0) is 36.6 Å². The lowest BCUT2D eigenvalue weighted by atomic mass is 10.2. The Morgan fingerprint density at radius 2 is 2.00 bits per heavy atom. The Morgan fingerprint density at radius 1 is 1.21 bits per heavy atom. The van der Waals surface area contributed by atoms with E-state index in [1.165, 1.54) is 23.1 Å². The number of hydrogen-bond donors (Lipinski definition) is 1. The SMILES string of the molecule is CSc1ccccc1C(=O)Nc1nc(-c2ccc(Cl)cc2Cl)cs1. The summed E-state index contributed by atoms with van der Waals surface area (Å²) in [4.78, 5) is 17.8. The molecule has 0 saturated heterocycles. The second kappa shape index (κ2) is 7.57. The second-order valence-electron chi connectivity index (χ2n) is 4.82. The maximum atomic E-state index is 12.4. The van der Waals surface area contributed by atoms with Crippen molar-refractivity contribution < 1.29 is 4.79 Å². The minimum absolute atomic E-state index is 0.178. The van der Waals surface area contributed by atoms with E-state index in [4.69, 9.17) is 23.2 Å². The first-order valence-electron chi connectivity index (χ1n) is 6.94. The fraction of sp³-hybridized carbons (Fsp3) is 0.0588. The summed E-state index contributed by atoms with van der Waals surface area (Å²) in [6.45, 7) is 0. The molecule has 0 aliphatic heterocycles. The Kier molecular flexibility index (Phi) is 5.46. The van der Waals surface area contributed by atoms with Crippen LogP contribution in [0.4, 0.5) is 5.13 Å². The highest BCUT2D eigenvalue weighted by molar-refractivity contribution is 7.98. The molecule has 0 fully saturated rings. The third-order valence-electron chi connectivity index (χ3n) is 3.28. The van der Waals surface area contributed by atoms with Gasteiger partial charge in [-0.25, -0.2) is 4.98 Å². The maximum Gasteiger partial charge on any atom is 0.258 e. The Morgan fingerprint density at radius 3 is 2.75 bits per heavy atom. The summed E-state index contributed by atoms with van der Waals surface area (Å²) in [7, 11) is 0. The van der Waals surface area contributed by atoms with Crippen molar-refractivity contribution in [1.82, 2.24) is 4.98 Å². The van der Waals surface area contributed by atoms with Crippen molar-refractivity contribution in [3.8, 4) is 11.3 Å². The van der Waals surface area contributed by atoms with E-state index in [1.807, 2.05) is 35.9 Å². The van der Waals surface area contributed by atoms with Crippen LogP contribution in [0.25, 0.3) is 11.3 Å². The number of rotatable bonds is 4. The lowest BCUT2D eigenvalue weighted by Crippen LogP contribution is -2.12. The molecule has 1 heterocycles. The maximum absolute atomic E-state index is 12.4. The molecule has 7 heteroatoms. The third-order valence-corrected chi connectivity index (χ3v) is 5.38. The average molecular weight is 395 g/mol. The summed E-state index contributed by atoms with van der Waals surface area (Å²) >= 11 is 15.0. The number of anilines is 1. The van der Waals surface area contributed by atoms with E-state index in [9.17, 15) is 4.79 Å². The van der Waals surface area contributed by atoms with Crippen molar-refractivity contribution in [2.45, 2.75) is 4.90 Å². The largest absolute Gasteiger partial charge is 0.298 e. The first kappa shape index (κ1) is 17.3. The zero-order chi connectivity index (χ0) is 17.1. The molecule has 24 heavy (non-hydrogen) atoms. The van der Waals surface area contributed by atoms with Gasteiger partial charge in [0.25, 0.3) is 5.91 Å². The molecule has 3 nitrogen and oxygen atoms in total. The van der Waals surface area contributed by atoms with Crippen molar-refractivity contribution in [2.75, 3.05) is 11.6 Å². The van der Waals surface area contributed by atoms with Crippen LogP contribution in [-0.2, 0) is 0 Å². The molecule has 1 amide bonds. The molecule has 122 valence electrons. The molecule has 0 aliphatic carbocycles. The van der Waals surface area contributed by atoms with Gasteiger partial charge in [0.15, 0.2) is 5.13 Å². The van der Waals surface area contributed by atoms with E-state index in [0.29, 0.717) is 26.4 Å². The van der Waals surface area contributed by atoms with Gasteiger partial charge < -0.3 is 0 Å². The predicted octanol–water partition coefficient (Wildman–Crippen LogP) is 6.09. The molecule has 3 rings (SSSR count). The average Bonchev–Trinajstić information content (AvgIpc) is 3.02. The molecule has 0 radical (unpaired) electrons. The summed E-state index contributed by atoms with van der Waals surface area (Å²) in [6, 6.07) is 12.7. The van der Waals surface area contributed by atoms with Gasteiger partial charge in [0.05, 0.1) is 16.3 Å². The summed E-state index contributed by atoms with van der Waals surface area (Å²) in [5, 5.41) is 6.31. The van der Waals surface area contributed by atoms with E-state index in [0.717, 1.165) is 10.5 Å². The van der Waals surface area contributed by atoms with Gasteiger partial charge in [-0.15, -0.1) is 23.1 Å². The van der Waals surface area contributed by atoms with Crippen LogP contribution in [0.15, 0.2) is 52.7 Å². The summed E-state index contributed by atoms with van der Waals surface area (Å²) in [5.41, 5.74) is 2.11. The quantitative estimate of drug-likeness (QED) is 0.544. The van der Waals surface area contributed by atoms with Crippen LogP contribution in [0.1, 0.15) is 10.4 Å². The van der Waals surface area contributed by atoms with Crippen molar-refractivity contribution in [3.63, 3.8) is 0 Å². The Bertz CT molecular complexity index is 896. The summed E-state index contributed by atoms with van der Waals surface area (Å²) in [6.07, 6.45) is 1.94. The number of benzene rings is 2. The normalized spacial score (nSPS) is 10.6. The molecule has 2 aromatic carbocycles. The standard InChI is InChI=1S/C17H12Cl2N2OS2/c1-23-15-5-3-2-4-12(15)16(22)21-17-20-14(9-24-17)11-7-6-10(18)8-13(11)19/h2-9H,1H3,(H,20,21,22). The van der Waals surface area contributed by atoms with E-state index >= 15 is 0 Å². The molecule has 0 spiro atoms. The number of halogens is 2. The van der Waals surface area contributed by atoms with Gasteiger partial charge >= 0.3 is 0 Å². The number of nitrogens with zero attached hydrogens (tertiary/aromatic N) is 1. The van der Waals surface area contributed by atoms with Crippen LogP contribution in [0.5, 0.6) is 0 Å². The molecule has 0 saturated carbocycles. The van der Waals surface area contributed by atoms with Crippen LogP contribution >= 0.6 is 46.3 Å². The van der Waals surface area contributed by atoms with Crippen LogP contribution in [0, 0.1) is 0 Å². The van der Waals surface area contributed by atoms with Crippen molar-refractivity contribution in [2.24, 2.45) is 0 Å². The van der Waals surface area contributed by atoms with Crippen LogP contribution in [0.2, 0.25) is 10.0 Å². The highest BCUT2D eigenvalue weighted by Crippen LogP contribution is 2.32. The number of nitrogens with one attached hydrogen (secondary N) is 1. The molecule has 0 unspecified atom stereocenters. The van der Waals surface area contributed by atoms with Crippen LogP contribution < -0.4 is 5.32 Å². The zero-order valence-electron chi connectivity index (χ0n) is 12.5. The van der Waals surface area contributed by atoms with E-state index in [1.54, 1.807) is 18.2 Å².